The second kappa shape index (κ2) is 5.81. The summed E-state index contributed by atoms with van der Waals surface area (Å²) in [6.07, 6.45) is 11.7. The van der Waals surface area contributed by atoms with Gasteiger partial charge in [0.05, 0.1) is 0 Å². The van der Waals surface area contributed by atoms with Crippen LogP contribution in [0.25, 0.3) is 0 Å². The number of nitrogens with zero attached hydrogens (tertiary/aromatic N) is 1. The van der Waals surface area contributed by atoms with Crippen LogP contribution in [0.15, 0.2) is 0 Å². The molecule has 2 heteroatoms. The fraction of sp³-hybridized carbons (Fsp3) is 0.929. The van der Waals surface area contributed by atoms with Crippen LogP contribution >= 0.6 is 0 Å². The minimum absolute atomic E-state index is 0.366. The number of carbonyl (C=O) groups excluding carboxylic acids is 1. The first kappa shape index (κ1) is 12.1. The van der Waals surface area contributed by atoms with Crippen LogP contribution in [0.1, 0.15) is 64.7 Å². The molecule has 0 aromatic rings. The van der Waals surface area contributed by atoms with Gasteiger partial charge in [0, 0.05) is 18.5 Å². The maximum atomic E-state index is 11.3. The van der Waals surface area contributed by atoms with E-state index >= 15 is 0 Å². The Morgan fingerprint density at radius 1 is 1.06 bits per heavy atom. The van der Waals surface area contributed by atoms with Gasteiger partial charge in [-0.25, -0.2) is 0 Å². The van der Waals surface area contributed by atoms with Gasteiger partial charge in [-0.1, -0.05) is 25.7 Å². The Morgan fingerprint density at radius 3 is 2.38 bits per heavy atom. The number of ketones is 1. The summed E-state index contributed by atoms with van der Waals surface area (Å²) < 4.78 is 0. The van der Waals surface area contributed by atoms with E-state index in [1.54, 1.807) is 6.92 Å². The monoisotopic (exact) mass is 223 g/mol. The predicted octanol–water partition coefficient (Wildman–Crippen LogP) is 3.15. The fourth-order valence-electron chi connectivity index (χ4n) is 3.48. The molecule has 0 amide bonds. The van der Waals surface area contributed by atoms with E-state index in [0.29, 0.717) is 11.8 Å². The van der Waals surface area contributed by atoms with Crippen molar-refractivity contribution in [3.05, 3.63) is 0 Å². The summed E-state index contributed by atoms with van der Waals surface area (Å²) in [4.78, 5) is 13.9. The Hall–Kier alpha value is -0.370. The van der Waals surface area contributed by atoms with Crippen molar-refractivity contribution >= 4 is 5.78 Å². The van der Waals surface area contributed by atoms with E-state index in [9.17, 15) is 4.79 Å². The van der Waals surface area contributed by atoms with Gasteiger partial charge in [-0.15, -0.1) is 0 Å². The van der Waals surface area contributed by atoms with E-state index in [-0.39, 0.29) is 0 Å². The molecule has 1 unspecified atom stereocenters. The molecule has 2 rings (SSSR count). The normalized spacial score (nSPS) is 29.2. The third-order valence-corrected chi connectivity index (χ3v) is 4.24. The molecule has 1 aliphatic heterocycles. The highest BCUT2D eigenvalue weighted by molar-refractivity contribution is 5.76. The van der Waals surface area contributed by atoms with Gasteiger partial charge in [-0.05, 0) is 39.2 Å². The first-order chi connectivity index (χ1) is 7.77. The van der Waals surface area contributed by atoms with Crippen LogP contribution in [-0.2, 0) is 4.79 Å². The molecule has 2 nitrogen and oxygen atoms in total. The standard InChI is InChI=1S/C14H25NO/c1-12(16)11-14-9-6-10-15(14)13-7-4-2-3-5-8-13/h13-14H,2-11H2,1H3. The lowest BCUT2D eigenvalue weighted by Crippen LogP contribution is -2.39. The molecular formula is C14H25NO. The Kier molecular flexibility index (Phi) is 4.39. The van der Waals surface area contributed by atoms with Crippen LogP contribution in [0.4, 0.5) is 0 Å². The van der Waals surface area contributed by atoms with E-state index in [0.717, 1.165) is 12.5 Å². The lowest BCUT2D eigenvalue weighted by Gasteiger charge is -2.32. The zero-order valence-corrected chi connectivity index (χ0v) is 10.6. The van der Waals surface area contributed by atoms with Gasteiger partial charge in [0.2, 0.25) is 0 Å². The van der Waals surface area contributed by atoms with Gasteiger partial charge in [0.15, 0.2) is 0 Å². The average Bonchev–Trinajstić information content (AvgIpc) is 2.53. The van der Waals surface area contributed by atoms with Crippen molar-refractivity contribution < 1.29 is 4.79 Å². The Labute approximate surface area is 99.4 Å². The summed E-state index contributed by atoms with van der Waals surface area (Å²) in [7, 11) is 0. The molecule has 0 aromatic carbocycles. The molecule has 92 valence electrons. The number of rotatable bonds is 3. The van der Waals surface area contributed by atoms with Gasteiger partial charge < -0.3 is 0 Å². The van der Waals surface area contributed by atoms with Crippen molar-refractivity contribution in [1.29, 1.82) is 0 Å². The van der Waals surface area contributed by atoms with Gasteiger partial charge in [-0.2, -0.15) is 0 Å². The summed E-state index contributed by atoms with van der Waals surface area (Å²) in [5, 5.41) is 0. The molecule has 1 aliphatic carbocycles. The zero-order chi connectivity index (χ0) is 11.4. The van der Waals surface area contributed by atoms with Crippen LogP contribution in [-0.4, -0.2) is 29.3 Å². The van der Waals surface area contributed by atoms with Crippen LogP contribution in [0.2, 0.25) is 0 Å². The third kappa shape index (κ3) is 3.07. The molecule has 1 saturated heterocycles. The maximum Gasteiger partial charge on any atom is 0.131 e. The molecule has 1 atom stereocenters. The van der Waals surface area contributed by atoms with Gasteiger partial charge in [0.1, 0.15) is 5.78 Å². The molecule has 0 spiro atoms. The van der Waals surface area contributed by atoms with E-state index in [4.69, 9.17) is 0 Å². The maximum absolute atomic E-state index is 11.3. The largest absolute Gasteiger partial charge is 0.300 e. The summed E-state index contributed by atoms with van der Waals surface area (Å²) in [5.74, 6) is 0.366. The summed E-state index contributed by atoms with van der Waals surface area (Å²) in [6, 6.07) is 1.36. The highest BCUT2D eigenvalue weighted by Crippen LogP contribution is 2.29. The summed E-state index contributed by atoms with van der Waals surface area (Å²) >= 11 is 0. The van der Waals surface area contributed by atoms with Crippen LogP contribution in [0.3, 0.4) is 0 Å². The topological polar surface area (TPSA) is 20.3 Å². The molecule has 1 heterocycles. The SMILES string of the molecule is CC(=O)CC1CCCN1C1CCCCCC1. The smallest absolute Gasteiger partial charge is 0.131 e. The first-order valence-electron chi connectivity index (χ1n) is 7.02. The first-order valence-corrected chi connectivity index (χ1v) is 7.02. The second-order valence-electron chi connectivity index (χ2n) is 5.59. The Balaban J connectivity index is 1.92. The number of hydrogen-bond donors (Lipinski definition) is 0. The van der Waals surface area contributed by atoms with E-state index in [2.05, 4.69) is 4.90 Å². The molecule has 0 radical (unpaired) electrons. The molecule has 16 heavy (non-hydrogen) atoms. The molecule has 0 bridgehead atoms. The highest BCUT2D eigenvalue weighted by Gasteiger charge is 2.31. The van der Waals surface area contributed by atoms with Gasteiger partial charge >= 0.3 is 0 Å². The minimum atomic E-state index is 0.366. The van der Waals surface area contributed by atoms with Crippen molar-refractivity contribution in [2.75, 3.05) is 6.54 Å². The number of Topliss-reactive ketones (excluding diaryl/α,β-unsaturated/α-hetero) is 1. The molecule has 0 aromatic heterocycles. The van der Waals surface area contributed by atoms with Crippen molar-refractivity contribution in [2.45, 2.75) is 76.8 Å². The van der Waals surface area contributed by atoms with E-state index < -0.39 is 0 Å². The highest BCUT2D eigenvalue weighted by atomic mass is 16.1. The summed E-state index contributed by atoms with van der Waals surface area (Å²) in [6.45, 7) is 2.98. The molecule has 0 N–H and O–H groups in total. The van der Waals surface area contributed by atoms with Gasteiger partial charge in [-0.3, -0.25) is 9.69 Å². The van der Waals surface area contributed by atoms with Crippen LogP contribution in [0, 0.1) is 0 Å². The average molecular weight is 223 g/mol. The Bertz CT molecular complexity index is 231. The van der Waals surface area contributed by atoms with E-state index in [1.807, 2.05) is 0 Å². The minimum Gasteiger partial charge on any atom is -0.300 e. The van der Waals surface area contributed by atoms with Crippen LogP contribution in [0.5, 0.6) is 0 Å². The lowest BCUT2D eigenvalue weighted by molar-refractivity contribution is -0.118. The van der Waals surface area contributed by atoms with Crippen molar-refractivity contribution in [3.63, 3.8) is 0 Å². The Morgan fingerprint density at radius 2 is 1.75 bits per heavy atom. The van der Waals surface area contributed by atoms with E-state index in [1.165, 1.54) is 57.9 Å². The molecule has 1 saturated carbocycles. The summed E-state index contributed by atoms with van der Waals surface area (Å²) in [5.41, 5.74) is 0. The lowest BCUT2D eigenvalue weighted by atomic mass is 10.0. The van der Waals surface area contributed by atoms with Crippen molar-refractivity contribution in [3.8, 4) is 0 Å². The van der Waals surface area contributed by atoms with Crippen LogP contribution < -0.4 is 0 Å². The zero-order valence-electron chi connectivity index (χ0n) is 10.6. The second-order valence-corrected chi connectivity index (χ2v) is 5.59. The number of carbonyl (C=O) groups is 1. The molecule has 2 fully saturated rings. The van der Waals surface area contributed by atoms with Gasteiger partial charge in [0.25, 0.3) is 0 Å². The molecular weight excluding hydrogens is 198 g/mol. The number of hydrogen-bond acceptors (Lipinski definition) is 2. The number of likely N-dealkylation sites (tertiary alicyclic amines) is 1. The quantitative estimate of drug-likeness (QED) is 0.685. The van der Waals surface area contributed by atoms with Crippen molar-refractivity contribution in [2.24, 2.45) is 0 Å². The predicted molar refractivity (Wildman–Crippen MR) is 66.5 cm³/mol. The van der Waals surface area contributed by atoms with Crippen molar-refractivity contribution in [1.82, 2.24) is 4.90 Å². The third-order valence-electron chi connectivity index (χ3n) is 4.24. The molecule has 2 aliphatic rings. The fourth-order valence-corrected chi connectivity index (χ4v) is 3.48.